The van der Waals surface area contributed by atoms with Gasteiger partial charge < -0.3 is 9.40 Å². The van der Waals surface area contributed by atoms with E-state index in [0.29, 0.717) is 11.3 Å². The molecule has 0 saturated carbocycles. The molecule has 0 aliphatic carbocycles. The summed E-state index contributed by atoms with van der Waals surface area (Å²) in [6.07, 6.45) is -0.758. The van der Waals surface area contributed by atoms with Crippen LogP contribution < -0.4 is 15.1 Å². The number of thiazole rings is 1. The molecule has 5 nitrogen and oxygen atoms in total. The third-order valence-corrected chi connectivity index (χ3v) is 5.86. The van der Waals surface area contributed by atoms with E-state index in [-0.39, 0.29) is 16.7 Å². The maximum atomic E-state index is 13.3. The molecule has 0 aliphatic heterocycles. The lowest BCUT2D eigenvalue weighted by molar-refractivity contribution is -0.137. The molecule has 1 heterocycles. The summed E-state index contributed by atoms with van der Waals surface area (Å²) in [5.74, 6) is -0.788. The molecular weight excluding hydrogens is 439 g/mol. The fraction of sp³-hybridized carbons (Fsp3) is 0.565. The zero-order valence-electron chi connectivity index (χ0n) is 19.7. The maximum Gasteiger partial charge on any atom is 0.416 e. The van der Waals surface area contributed by atoms with E-state index in [1.807, 2.05) is 31.5 Å². The van der Waals surface area contributed by atoms with Gasteiger partial charge in [-0.15, -0.1) is 11.3 Å². The Bertz CT molecular complexity index is 1010. The Morgan fingerprint density at radius 2 is 1.81 bits per heavy atom. The number of carbonyl (C=O) groups excluding carboxylic acids is 1. The first kappa shape index (κ1) is 26.1. The molecule has 1 aromatic heterocycles. The first-order valence-electron chi connectivity index (χ1n) is 10.6. The summed E-state index contributed by atoms with van der Waals surface area (Å²) in [6.45, 7) is 14.4. The van der Waals surface area contributed by atoms with Crippen molar-refractivity contribution in [2.75, 3.05) is 0 Å². The van der Waals surface area contributed by atoms with Crippen LogP contribution in [-0.2, 0) is 18.1 Å². The van der Waals surface area contributed by atoms with Crippen LogP contribution in [0.15, 0.2) is 29.4 Å². The summed E-state index contributed by atoms with van der Waals surface area (Å²) < 4.78 is 41.8. The van der Waals surface area contributed by atoms with Gasteiger partial charge in [-0.25, -0.2) is 0 Å². The van der Waals surface area contributed by atoms with Gasteiger partial charge in [-0.1, -0.05) is 34.1 Å². The number of benzene rings is 1. The Balaban J connectivity index is 2.57. The Hall–Kier alpha value is -2.13. The predicted molar refractivity (Wildman–Crippen MR) is 121 cm³/mol. The number of nitrogens with zero attached hydrogens (tertiary/aromatic N) is 2. The van der Waals surface area contributed by atoms with Crippen molar-refractivity contribution in [3.63, 3.8) is 0 Å². The van der Waals surface area contributed by atoms with Gasteiger partial charge in [-0.2, -0.15) is 23.6 Å². The SMILES string of the molecule is CCCCn1cc(C(C)(C)C)s/c1=N\C(=O)c1cc(C(F)(F)F)ccc1ONC(C)(C)C. The topological polar surface area (TPSA) is 55.6 Å². The van der Waals surface area contributed by atoms with Gasteiger partial charge >= 0.3 is 6.18 Å². The zero-order chi connectivity index (χ0) is 24.3. The number of unbranched alkanes of at least 4 members (excludes halogenated alkanes) is 1. The molecule has 0 atom stereocenters. The molecule has 1 amide bonds. The first-order valence-corrected chi connectivity index (χ1v) is 11.4. The third-order valence-electron chi connectivity index (χ3n) is 4.41. The molecule has 1 N–H and O–H groups in total. The number of alkyl halides is 3. The highest BCUT2D eigenvalue weighted by Gasteiger charge is 2.32. The number of amides is 1. The second-order valence-electron chi connectivity index (χ2n) is 9.75. The second-order valence-corrected chi connectivity index (χ2v) is 10.8. The van der Waals surface area contributed by atoms with Crippen molar-refractivity contribution in [2.45, 2.75) is 85.0 Å². The average Bonchev–Trinajstić information content (AvgIpc) is 3.06. The largest absolute Gasteiger partial charge is 0.416 e. The Morgan fingerprint density at radius 3 is 2.34 bits per heavy atom. The predicted octanol–water partition coefficient (Wildman–Crippen LogP) is 6.09. The van der Waals surface area contributed by atoms with Crippen molar-refractivity contribution >= 4 is 17.2 Å². The molecule has 0 radical (unpaired) electrons. The van der Waals surface area contributed by atoms with E-state index in [9.17, 15) is 18.0 Å². The van der Waals surface area contributed by atoms with Gasteiger partial charge in [0, 0.05) is 23.2 Å². The zero-order valence-corrected chi connectivity index (χ0v) is 20.5. The molecular formula is C23H32F3N3O2S. The minimum Gasteiger partial charge on any atom is -0.407 e. The van der Waals surface area contributed by atoms with Gasteiger partial charge in [0.05, 0.1) is 11.1 Å². The van der Waals surface area contributed by atoms with Crippen molar-refractivity contribution in [2.24, 2.45) is 4.99 Å². The molecule has 178 valence electrons. The smallest absolute Gasteiger partial charge is 0.407 e. The fourth-order valence-electron chi connectivity index (χ4n) is 2.62. The Labute approximate surface area is 191 Å². The van der Waals surface area contributed by atoms with Crippen LogP contribution in [0.4, 0.5) is 13.2 Å². The summed E-state index contributed by atoms with van der Waals surface area (Å²) in [5.41, 5.74) is 0.948. The van der Waals surface area contributed by atoms with Gasteiger partial charge in [0.2, 0.25) is 0 Å². The number of hydrogen-bond acceptors (Lipinski definition) is 4. The molecule has 0 aliphatic rings. The molecule has 0 unspecified atom stereocenters. The van der Waals surface area contributed by atoms with Crippen LogP contribution in [0.25, 0.3) is 0 Å². The first-order chi connectivity index (χ1) is 14.6. The van der Waals surface area contributed by atoms with Crippen LogP contribution in [-0.4, -0.2) is 16.0 Å². The van der Waals surface area contributed by atoms with Crippen molar-refractivity contribution in [1.82, 2.24) is 10.0 Å². The van der Waals surface area contributed by atoms with Crippen LogP contribution in [0.5, 0.6) is 5.75 Å². The molecule has 2 rings (SSSR count). The summed E-state index contributed by atoms with van der Waals surface area (Å²) >= 11 is 1.37. The van der Waals surface area contributed by atoms with Crippen LogP contribution in [0.2, 0.25) is 0 Å². The minimum atomic E-state index is -4.59. The molecule has 0 fully saturated rings. The number of halogens is 3. The molecule has 1 aromatic carbocycles. The molecule has 2 aromatic rings. The highest BCUT2D eigenvalue weighted by molar-refractivity contribution is 7.09. The molecule has 0 saturated heterocycles. The van der Waals surface area contributed by atoms with Crippen molar-refractivity contribution in [3.05, 3.63) is 45.2 Å². The van der Waals surface area contributed by atoms with Crippen LogP contribution in [0.3, 0.4) is 0 Å². The lowest BCUT2D eigenvalue weighted by Crippen LogP contribution is -2.38. The van der Waals surface area contributed by atoms with E-state index in [0.717, 1.165) is 35.9 Å². The standard InChI is InChI=1S/C23H32F3N3O2S/c1-8-9-12-29-14-18(21(2,3)4)32-20(29)27-19(30)16-13-15(23(24,25)26)10-11-17(16)31-28-22(5,6)7/h10-11,13-14,28H,8-9,12H2,1-7H3/b27-20-. The summed E-state index contributed by atoms with van der Waals surface area (Å²) in [7, 11) is 0. The van der Waals surface area contributed by atoms with E-state index >= 15 is 0 Å². The average molecular weight is 472 g/mol. The number of hydroxylamine groups is 1. The normalized spacial score (nSPS) is 13.5. The summed E-state index contributed by atoms with van der Waals surface area (Å²) in [4.78, 5) is 24.3. The third kappa shape index (κ3) is 7.20. The molecule has 32 heavy (non-hydrogen) atoms. The van der Waals surface area contributed by atoms with Gasteiger partial charge in [-0.3, -0.25) is 4.79 Å². The van der Waals surface area contributed by atoms with E-state index in [1.165, 1.54) is 11.3 Å². The highest BCUT2D eigenvalue weighted by Crippen LogP contribution is 2.33. The number of nitrogens with one attached hydrogen (secondary N) is 1. The van der Waals surface area contributed by atoms with Crippen LogP contribution in [0, 0.1) is 0 Å². The number of aryl methyl sites for hydroxylation is 1. The van der Waals surface area contributed by atoms with Crippen molar-refractivity contribution in [1.29, 1.82) is 0 Å². The maximum absolute atomic E-state index is 13.3. The fourth-order valence-corrected chi connectivity index (χ4v) is 3.69. The molecule has 0 spiro atoms. The van der Waals surface area contributed by atoms with Crippen molar-refractivity contribution in [3.8, 4) is 5.75 Å². The van der Waals surface area contributed by atoms with E-state index in [2.05, 4.69) is 38.2 Å². The number of rotatable bonds is 6. The van der Waals surface area contributed by atoms with Gasteiger partial charge in [0.1, 0.15) is 0 Å². The summed E-state index contributed by atoms with van der Waals surface area (Å²) in [6, 6.07) is 2.82. The van der Waals surface area contributed by atoms with Crippen LogP contribution >= 0.6 is 11.3 Å². The number of carbonyl (C=O) groups is 1. The number of hydrogen-bond donors (Lipinski definition) is 1. The Morgan fingerprint density at radius 1 is 1.16 bits per heavy atom. The van der Waals surface area contributed by atoms with Gasteiger partial charge in [0.15, 0.2) is 10.6 Å². The molecule has 0 bridgehead atoms. The second kappa shape index (κ2) is 9.79. The molecule has 9 heteroatoms. The van der Waals surface area contributed by atoms with E-state index in [1.54, 1.807) is 0 Å². The van der Waals surface area contributed by atoms with Crippen LogP contribution in [0.1, 0.15) is 82.1 Å². The lowest BCUT2D eigenvalue weighted by atomic mass is 9.95. The minimum absolute atomic E-state index is 0.00520. The lowest BCUT2D eigenvalue weighted by Gasteiger charge is -2.21. The van der Waals surface area contributed by atoms with E-state index in [4.69, 9.17) is 4.84 Å². The quantitative estimate of drug-likeness (QED) is 0.519. The number of aromatic nitrogens is 1. The van der Waals surface area contributed by atoms with E-state index < -0.39 is 23.2 Å². The monoisotopic (exact) mass is 471 g/mol. The van der Waals surface area contributed by atoms with Gasteiger partial charge in [0.25, 0.3) is 5.91 Å². The van der Waals surface area contributed by atoms with Gasteiger partial charge in [-0.05, 0) is 50.8 Å². The Kier molecular flexibility index (Phi) is 7.99. The summed E-state index contributed by atoms with van der Waals surface area (Å²) in [5, 5.41) is 0. The highest BCUT2D eigenvalue weighted by atomic mass is 32.1. The van der Waals surface area contributed by atoms with Crippen molar-refractivity contribution < 1.29 is 22.8 Å².